The van der Waals surface area contributed by atoms with Gasteiger partial charge in [0.05, 0.1) is 16.6 Å². The minimum atomic E-state index is -0.792. The summed E-state index contributed by atoms with van der Waals surface area (Å²) in [6, 6.07) is 9.86. The third kappa shape index (κ3) is 4.49. The van der Waals surface area contributed by atoms with Crippen molar-refractivity contribution in [2.75, 3.05) is 25.2 Å². The molecule has 1 amide bonds. The third-order valence-corrected chi connectivity index (χ3v) is 5.86. The van der Waals surface area contributed by atoms with Crippen molar-refractivity contribution in [3.8, 4) is 11.5 Å². The van der Waals surface area contributed by atoms with Crippen molar-refractivity contribution in [3.63, 3.8) is 0 Å². The van der Waals surface area contributed by atoms with Crippen LogP contribution in [0.25, 0.3) is 0 Å². The summed E-state index contributed by atoms with van der Waals surface area (Å²) in [5.74, 6) is 0.859. The summed E-state index contributed by atoms with van der Waals surface area (Å²) in [4.78, 5) is 26.9. The molecule has 1 fully saturated rings. The van der Waals surface area contributed by atoms with E-state index in [-0.39, 0.29) is 18.4 Å². The van der Waals surface area contributed by atoms with Crippen molar-refractivity contribution in [3.05, 3.63) is 57.6 Å². The average Bonchev–Trinajstić information content (AvgIpc) is 3.22. The smallest absolute Gasteiger partial charge is 0.278 e. The predicted molar refractivity (Wildman–Crippen MR) is 117 cm³/mol. The maximum absolute atomic E-state index is 13.5. The molecule has 0 spiro atoms. The van der Waals surface area contributed by atoms with Crippen LogP contribution in [0.2, 0.25) is 0 Å². The first kappa shape index (κ1) is 21.1. The summed E-state index contributed by atoms with van der Waals surface area (Å²) in [6.45, 7) is 5.64. The highest BCUT2D eigenvalue weighted by atomic mass is 16.7. The van der Waals surface area contributed by atoms with E-state index >= 15 is 0 Å². The number of anilines is 1. The third-order valence-electron chi connectivity index (χ3n) is 5.86. The van der Waals surface area contributed by atoms with Gasteiger partial charge in [0.15, 0.2) is 11.5 Å². The number of fused-ring (bicyclic) bond motifs is 1. The van der Waals surface area contributed by atoms with Gasteiger partial charge in [-0.15, -0.1) is 0 Å². The zero-order valence-corrected chi connectivity index (χ0v) is 17.8. The number of nitro groups is 1. The molecule has 0 bridgehead atoms. The number of nitro benzene ring substituents is 1. The van der Waals surface area contributed by atoms with Crippen molar-refractivity contribution >= 4 is 17.3 Å². The van der Waals surface area contributed by atoms with Crippen LogP contribution in [0.15, 0.2) is 36.4 Å². The van der Waals surface area contributed by atoms with Gasteiger partial charge in [0.25, 0.3) is 5.69 Å². The van der Waals surface area contributed by atoms with Crippen molar-refractivity contribution in [2.45, 2.75) is 45.1 Å². The monoisotopic (exact) mass is 425 g/mol. The van der Waals surface area contributed by atoms with Crippen LogP contribution in [0, 0.1) is 10.1 Å². The lowest BCUT2D eigenvalue weighted by Crippen LogP contribution is -2.40. The molecule has 2 aromatic carbocycles. The second-order valence-corrected chi connectivity index (χ2v) is 8.29. The molecule has 0 radical (unpaired) electrons. The zero-order chi connectivity index (χ0) is 22.0. The van der Waals surface area contributed by atoms with Gasteiger partial charge in [0.2, 0.25) is 12.7 Å². The van der Waals surface area contributed by atoms with Crippen LogP contribution >= 0.6 is 0 Å². The Labute approximate surface area is 181 Å². The Bertz CT molecular complexity index is 968. The molecule has 4 rings (SSSR count). The molecule has 2 aromatic rings. The lowest BCUT2D eigenvalue weighted by molar-refractivity contribution is -0.385. The molecule has 164 valence electrons. The summed E-state index contributed by atoms with van der Waals surface area (Å²) in [7, 11) is 0. The summed E-state index contributed by atoms with van der Waals surface area (Å²) < 4.78 is 10.8. The zero-order valence-electron chi connectivity index (χ0n) is 17.8. The second-order valence-electron chi connectivity index (χ2n) is 8.29. The van der Waals surface area contributed by atoms with Crippen LogP contribution in [0.4, 0.5) is 11.4 Å². The maximum Gasteiger partial charge on any atom is 0.278 e. The van der Waals surface area contributed by atoms with E-state index in [0.717, 1.165) is 19.3 Å². The van der Waals surface area contributed by atoms with E-state index in [2.05, 4.69) is 19.2 Å². The van der Waals surface area contributed by atoms with E-state index in [4.69, 9.17) is 9.47 Å². The number of nitrogens with one attached hydrogen (secondary N) is 1. The molecule has 1 N–H and O–H groups in total. The van der Waals surface area contributed by atoms with Crippen LogP contribution in [-0.2, 0) is 4.79 Å². The first-order valence-corrected chi connectivity index (χ1v) is 10.7. The first-order valence-electron chi connectivity index (χ1n) is 10.7. The number of rotatable bonds is 6. The number of ether oxygens (including phenoxy) is 2. The molecular weight excluding hydrogens is 398 g/mol. The molecule has 0 saturated carbocycles. The van der Waals surface area contributed by atoms with Gasteiger partial charge >= 0.3 is 0 Å². The Hall–Kier alpha value is -3.13. The first-order chi connectivity index (χ1) is 14.9. The summed E-state index contributed by atoms with van der Waals surface area (Å²) >= 11 is 0. The molecule has 2 aliphatic rings. The molecule has 2 heterocycles. The Balaban J connectivity index is 1.69. The topological polar surface area (TPSA) is 93.9 Å². The van der Waals surface area contributed by atoms with Gasteiger partial charge in [-0.05, 0) is 55.6 Å². The Morgan fingerprint density at radius 2 is 1.71 bits per heavy atom. The number of nitrogens with zero attached hydrogens (tertiary/aromatic N) is 2. The predicted octanol–water partition coefficient (Wildman–Crippen LogP) is 4.61. The van der Waals surface area contributed by atoms with E-state index in [1.54, 1.807) is 6.07 Å². The van der Waals surface area contributed by atoms with Gasteiger partial charge < -0.3 is 14.8 Å². The molecule has 0 aromatic heterocycles. The number of likely N-dealkylation sites (tertiary alicyclic amines) is 1. The molecule has 1 atom stereocenters. The quantitative estimate of drug-likeness (QED) is 0.536. The molecule has 8 heteroatoms. The number of carbonyl (C=O) groups is 1. The van der Waals surface area contributed by atoms with Crippen LogP contribution in [0.1, 0.15) is 56.2 Å². The fraction of sp³-hybridized carbons (Fsp3) is 0.435. The largest absolute Gasteiger partial charge is 0.454 e. The summed E-state index contributed by atoms with van der Waals surface area (Å²) in [6.07, 6.45) is 2.99. The lowest BCUT2D eigenvalue weighted by atomic mass is 9.98. The van der Waals surface area contributed by atoms with Gasteiger partial charge in [-0.25, -0.2) is 0 Å². The lowest BCUT2D eigenvalue weighted by Gasteiger charge is -2.33. The molecule has 0 unspecified atom stereocenters. The van der Waals surface area contributed by atoms with Gasteiger partial charge in [-0.3, -0.25) is 19.8 Å². The number of carbonyl (C=O) groups excluding carboxylic acids is 1. The van der Waals surface area contributed by atoms with Crippen molar-refractivity contribution < 1.29 is 19.2 Å². The van der Waals surface area contributed by atoms with E-state index in [9.17, 15) is 14.9 Å². The van der Waals surface area contributed by atoms with Crippen LogP contribution in [0.5, 0.6) is 11.5 Å². The number of hydrogen-bond acceptors (Lipinski definition) is 6. The fourth-order valence-electron chi connectivity index (χ4n) is 4.17. The van der Waals surface area contributed by atoms with E-state index < -0.39 is 11.0 Å². The normalized spacial score (nSPS) is 16.9. The summed E-state index contributed by atoms with van der Waals surface area (Å²) in [5, 5.41) is 14.8. The Kier molecular flexibility index (Phi) is 6.08. The van der Waals surface area contributed by atoms with Crippen molar-refractivity contribution in [1.82, 2.24) is 4.90 Å². The van der Waals surface area contributed by atoms with E-state index in [1.807, 2.05) is 29.2 Å². The molecule has 0 aliphatic carbocycles. The standard InChI is InChI=1S/C23H27N3O5/c1-15(2)16-6-8-17(9-7-16)24-23(27)22(25-10-4-3-5-11-25)18-12-20-21(31-14-30-20)13-19(18)26(28)29/h6-9,12-13,15,22H,3-5,10-11,14H2,1-2H3,(H,24,27)/t22-/m1/s1. The number of benzene rings is 2. The van der Waals surface area contributed by atoms with Crippen molar-refractivity contribution in [2.24, 2.45) is 0 Å². The highest BCUT2D eigenvalue weighted by Gasteiger charge is 2.36. The highest BCUT2D eigenvalue weighted by molar-refractivity contribution is 5.96. The molecule has 31 heavy (non-hydrogen) atoms. The van der Waals surface area contributed by atoms with Gasteiger partial charge in [-0.2, -0.15) is 0 Å². The van der Waals surface area contributed by atoms with Gasteiger partial charge in [-0.1, -0.05) is 32.4 Å². The SMILES string of the molecule is CC(C)c1ccc(NC(=O)[C@@H](c2cc3c(cc2[N+](=O)[O-])OCO3)N2CCCCC2)cc1. The number of piperidine rings is 1. The minimum absolute atomic E-state index is 0.0126. The Morgan fingerprint density at radius 1 is 1.06 bits per heavy atom. The van der Waals surface area contributed by atoms with Crippen LogP contribution in [-0.4, -0.2) is 35.6 Å². The van der Waals surface area contributed by atoms with E-state index in [0.29, 0.717) is 41.8 Å². The number of amides is 1. The minimum Gasteiger partial charge on any atom is -0.454 e. The summed E-state index contributed by atoms with van der Waals surface area (Å²) in [5.41, 5.74) is 2.04. The highest BCUT2D eigenvalue weighted by Crippen LogP contribution is 2.42. The molecule has 2 aliphatic heterocycles. The average molecular weight is 425 g/mol. The van der Waals surface area contributed by atoms with Crippen molar-refractivity contribution in [1.29, 1.82) is 0 Å². The van der Waals surface area contributed by atoms with Crippen LogP contribution in [0.3, 0.4) is 0 Å². The fourth-order valence-corrected chi connectivity index (χ4v) is 4.17. The van der Waals surface area contributed by atoms with Crippen LogP contribution < -0.4 is 14.8 Å². The van der Waals surface area contributed by atoms with Gasteiger partial charge in [0, 0.05) is 5.69 Å². The number of hydrogen-bond donors (Lipinski definition) is 1. The molecular formula is C23H27N3O5. The maximum atomic E-state index is 13.5. The van der Waals surface area contributed by atoms with E-state index in [1.165, 1.54) is 11.6 Å². The Morgan fingerprint density at radius 3 is 2.32 bits per heavy atom. The second kappa shape index (κ2) is 8.93. The molecule has 8 nitrogen and oxygen atoms in total. The molecule has 1 saturated heterocycles. The van der Waals surface area contributed by atoms with Gasteiger partial charge in [0.1, 0.15) is 6.04 Å².